The molecule has 1 aliphatic carbocycles. The summed E-state index contributed by atoms with van der Waals surface area (Å²) in [6, 6.07) is 10.3. The second kappa shape index (κ2) is 7.81. The van der Waals surface area contributed by atoms with Gasteiger partial charge in [-0.1, -0.05) is 24.3 Å². The predicted molar refractivity (Wildman–Crippen MR) is 102 cm³/mol. The summed E-state index contributed by atoms with van der Waals surface area (Å²) in [5, 5.41) is 2.52. The zero-order chi connectivity index (χ0) is 21.2. The number of carbonyl (C=O) groups excluding carboxylic acids is 1. The summed E-state index contributed by atoms with van der Waals surface area (Å²) in [6.45, 7) is 0.851. The van der Waals surface area contributed by atoms with Crippen molar-refractivity contribution in [2.45, 2.75) is 31.9 Å². The molecule has 0 saturated heterocycles. The van der Waals surface area contributed by atoms with Gasteiger partial charge in [0.2, 0.25) is 0 Å². The number of hydrogen-bond acceptors (Lipinski definition) is 1. The van der Waals surface area contributed by atoms with E-state index in [0.717, 1.165) is 19.1 Å². The van der Waals surface area contributed by atoms with Crippen LogP contribution in [0.1, 0.15) is 41.3 Å². The normalized spacial score (nSPS) is 14.8. The van der Waals surface area contributed by atoms with Crippen molar-refractivity contribution in [1.82, 2.24) is 0 Å². The molecule has 1 N–H and O–H groups in total. The molecule has 0 atom stereocenters. The van der Waals surface area contributed by atoms with E-state index in [-0.39, 0.29) is 16.8 Å². The molecule has 0 fully saturated rings. The monoisotopic (exact) mass is 407 g/mol. The van der Waals surface area contributed by atoms with E-state index in [1.807, 2.05) is 0 Å². The second-order valence-corrected chi connectivity index (χ2v) is 6.83. The van der Waals surface area contributed by atoms with Crippen LogP contribution in [0.2, 0.25) is 0 Å². The second-order valence-electron chi connectivity index (χ2n) is 6.83. The highest BCUT2D eigenvalue weighted by Gasteiger charge is 2.31. The zero-order valence-electron chi connectivity index (χ0n) is 15.5. The van der Waals surface area contributed by atoms with Gasteiger partial charge in [-0.15, -0.1) is 0 Å². The van der Waals surface area contributed by atoms with E-state index in [1.54, 1.807) is 18.2 Å². The van der Waals surface area contributed by atoms with Crippen molar-refractivity contribution in [1.29, 1.82) is 0 Å². The molecule has 0 heterocycles. The minimum Gasteiger partial charge on any atom is -0.322 e. The third kappa shape index (κ3) is 4.91. The van der Waals surface area contributed by atoms with Gasteiger partial charge in [-0.3, -0.25) is 4.79 Å². The Morgan fingerprint density at radius 1 is 0.931 bits per heavy atom. The van der Waals surface area contributed by atoms with E-state index in [0.29, 0.717) is 24.0 Å². The van der Waals surface area contributed by atoms with Gasteiger partial charge < -0.3 is 5.32 Å². The topological polar surface area (TPSA) is 29.1 Å². The molecule has 0 unspecified atom stereocenters. The molecule has 2 aromatic rings. The van der Waals surface area contributed by atoms with Crippen LogP contribution in [-0.2, 0) is 6.18 Å². The van der Waals surface area contributed by atoms with Crippen LogP contribution < -0.4 is 5.32 Å². The predicted octanol–water partition coefficient (Wildman–Crippen LogP) is 6.72. The molecule has 0 aliphatic heterocycles. The molecule has 0 bridgehead atoms. The molecule has 0 saturated carbocycles. The van der Waals surface area contributed by atoms with Crippen molar-refractivity contribution in [2.75, 3.05) is 5.32 Å². The largest absolute Gasteiger partial charge is 0.416 e. The molecule has 0 spiro atoms. The van der Waals surface area contributed by atoms with Crippen molar-refractivity contribution >= 4 is 17.2 Å². The summed E-state index contributed by atoms with van der Waals surface area (Å²) in [7, 11) is 0. The van der Waals surface area contributed by atoms with Crippen molar-refractivity contribution < 1.29 is 26.7 Å². The molecule has 2 nitrogen and oxygen atoms in total. The smallest absolute Gasteiger partial charge is 0.322 e. The van der Waals surface area contributed by atoms with Crippen LogP contribution in [0, 0.1) is 0 Å². The molecule has 1 aliphatic rings. The maximum atomic E-state index is 13.9. The Bertz CT molecular complexity index is 949. The lowest BCUT2D eigenvalue weighted by molar-refractivity contribution is -0.137. The van der Waals surface area contributed by atoms with E-state index >= 15 is 0 Å². The van der Waals surface area contributed by atoms with Crippen LogP contribution in [0.4, 0.5) is 27.6 Å². The lowest BCUT2D eigenvalue weighted by Crippen LogP contribution is -2.16. The van der Waals surface area contributed by atoms with Crippen molar-refractivity contribution in [2.24, 2.45) is 0 Å². The molecular weight excluding hydrogens is 389 g/mol. The van der Waals surface area contributed by atoms with Gasteiger partial charge in [0, 0.05) is 23.7 Å². The van der Waals surface area contributed by atoms with Gasteiger partial charge >= 0.3 is 6.18 Å². The Labute approximate surface area is 164 Å². The summed E-state index contributed by atoms with van der Waals surface area (Å²) in [5.41, 5.74) is 0.793. The Morgan fingerprint density at radius 3 is 2.10 bits per heavy atom. The lowest BCUT2D eigenvalue weighted by Gasteiger charge is -2.21. The third-order valence-electron chi connectivity index (χ3n) is 4.61. The van der Waals surface area contributed by atoms with E-state index in [4.69, 9.17) is 0 Å². The number of alkyl halides is 5. The summed E-state index contributed by atoms with van der Waals surface area (Å²) in [6.07, 6.45) is -0.168. The SMILES string of the molecule is CC(F)(F)C1=C(c2ccc(C(=O)Nc3ccc(C(F)(F)F)cc3)cc2)CCC=C1. The van der Waals surface area contributed by atoms with E-state index in [1.165, 1.54) is 30.3 Å². The number of hydrogen-bond donors (Lipinski definition) is 1. The zero-order valence-corrected chi connectivity index (χ0v) is 15.5. The number of allylic oxidation sites excluding steroid dienone is 4. The minimum atomic E-state index is -4.45. The fourth-order valence-electron chi connectivity index (χ4n) is 3.14. The summed E-state index contributed by atoms with van der Waals surface area (Å²) in [4.78, 5) is 12.3. The lowest BCUT2D eigenvalue weighted by atomic mass is 9.88. The average Bonchev–Trinajstić information content (AvgIpc) is 2.67. The Kier molecular flexibility index (Phi) is 5.59. The fourth-order valence-corrected chi connectivity index (χ4v) is 3.14. The van der Waals surface area contributed by atoms with Gasteiger partial charge in [-0.25, -0.2) is 8.78 Å². The van der Waals surface area contributed by atoms with Crippen molar-refractivity contribution in [3.05, 3.63) is 82.9 Å². The van der Waals surface area contributed by atoms with Gasteiger partial charge in [-0.2, -0.15) is 13.2 Å². The van der Waals surface area contributed by atoms with Crippen LogP contribution in [0.15, 0.2) is 66.3 Å². The maximum Gasteiger partial charge on any atom is 0.416 e. The van der Waals surface area contributed by atoms with E-state index in [9.17, 15) is 26.7 Å². The highest BCUT2D eigenvalue weighted by atomic mass is 19.4. The average molecular weight is 407 g/mol. The summed E-state index contributed by atoms with van der Waals surface area (Å²) >= 11 is 0. The molecule has 2 aromatic carbocycles. The Hall–Kier alpha value is -2.96. The van der Waals surface area contributed by atoms with Crippen molar-refractivity contribution in [3.63, 3.8) is 0 Å². The van der Waals surface area contributed by atoms with Crippen molar-refractivity contribution in [3.8, 4) is 0 Å². The summed E-state index contributed by atoms with van der Waals surface area (Å²) in [5.74, 6) is -3.47. The van der Waals surface area contributed by atoms with E-state index < -0.39 is 23.6 Å². The maximum absolute atomic E-state index is 13.9. The Morgan fingerprint density at radius 2 is 1.55 bits per heavy atom. The van der Waals surface area contributed by atoms with Gasteiger partial charge in [0.15, 0.2) is 0 Å². The molecule has 7 heteroatoms. The molecule has 0 aromatic heterocycles. The first-order valence-electron chi connectivity index (χ1n) is 8.93. The van der Waals surface area contributed by atoms with Gasteiger partial charge in [0.1, 0.15) is 0 Å². The number of nitrogens with one attached hydrogen (secondary N) is 1. The van der Waals surface area contributed by atoms with Gasteiger partial charge in [-0.05, 0) is 60.4 Å². The first-order valence-corrected chi connectivity index (χ1v) is 8.93. The van der Waals surface area contributed by atoms with E-state index in [2.05, 4.69) is 5.32 Å². The quantitative estimate of drug-likeness (QED) is 0.561. The minimum absolute atomic E-state index is 0.0364. The highest BCUT2D eigenvalue weighted by Crippen LogP contribution is 2.37. The van der Waals surface area contributed by atoms with Gasteiger partial charge in [0.25, 0.3) is 11.8 Å². The third-order valence-corrected chi connectivity index (χ3v) is 4.61. The first-order chi connectivity index (χ1) is 13.6. The number of carbonyl (C=O) groups is 1. The van der Waals surface area contributed by atoms with Crippen LogP contribution in [0.3, 0.4) is 0 Å². The molecule has 29 heavy (non-hydrogen) atoms. The summed E-state index contributed by atoms with van der Waals surface area (Å²) < 4.78 is 65.5. The van der Waals surface area contributed by atoms with Crippen LogP contribution in [0.25, 0.3) is 5.57 Å². The molecule has 3 rings (SSSR count). The van der Waals surface area contributed by atoms with Crippen LogP contribution >= 0.6 is 0 Å². The van der Waals surface area contributed by atoms with Crippen LogP contribution in [0.5, 0.6) is 0 Å². The number of benzene rings is 2. The number of amides is 1. The molecule has 0 radical (unpaired) electrons. The molecule has 1 amide bonds. The number of rotatable bonds is 4. The van der Waals surface area contributed by atoms with Crippen LogP contribution in [-0.4, -0.2) is 11.8 Å². The van der Waals surface area contributed by atoms with Gasteiger partial charge in [0.05, 0.1) is 5.56 Å². The Balaban J connectivity index is 1.77. The molecular formula is C22H18F5NO. The number of anilines is 1. The fraction of sp³-hybridized carbons (Fsp3) is 0.227. The molecule has 152 valence electrons. The first kappa shape index (κ1) is 20.8. The highest BCUT2D eigenvalue weighted by molar-refractivity contribution is 6.04. The number of halogens is 5. The standard InChI is InChI=1S/C22H18F5NO/c1-21(23,24)19-5-3-2-4-18(19)14-6-8-15(9-7-14)20(29)28-17-12-10-16(11-13-17)22(25,26)27/h3,5-13H,2,4H2,1H3,(H,28,29).